The third-order valence-corrected chi connectivity index (χ3v) is 5.70. The highest BCUT2D eigenvalue weighted by molar-refractivity contribution is 7.16. The van der Waals surface area contributed by atoms with Crippen molar-refractivity contribution in [2.45, 2.75) is 19.3 Å². The highest BCUT2D eigenvalue weighted by Gasteiger charge is 2.13. The molecule has 0 aliphatic carbocycles. The molecule has 0 amide bonds. The summed E-state index contributed by atoms with van der Waals surface area (Å²) in [5.41, 5.74) is 2.60. The first-order valence-electron chi connectivity index (χ1n) is 9.07. The first-order chi connectivity index (χ1) is 13.4. The number of hydrogen-bond donors (Lipinski definition) is 0. The van der Waals surface area contributed by atoms with Crippen LogP contribution in [0.3, 0.4) is 0 Å². The Hall–Kier alpha value is -3.05. The molecule has 0 N–H and O–H groups in total. The van der Waals surface area contributed by atoms with Gasteiger partial charge in [-0.3, -0.25) is 0 Å². The molecule has 0 aliphatic rings. The van der Waals surface area contributed by atoms with Crippen LogP contribution in [0.1, 0.15) is 22.0 Å². The monoisotopic (exact) mass is 370 g/mol. The molecule has 0 radical (unpaired) electrons. The summed E-state index contributed by atoms with van der Waals surface area (Å²) in [4.78, 5) is 0.869. The fourth-order valence-electron chi connectivity index (χ4n) is 3.43. The maximum atomic E-state index is 4.80. The lowest BCUT2D eigenvalue weighted by Crippen LogP contribution is -2.00. The second-order valence-corrected chi connectivity index (χ2v) is 7.65. The minimum Gasteiger partial charge on any atom is -0.187 e. The largest absolute Gasteiger partial charge is 0.234 e. The lowest BCUT2D eigenvalue weighted by Gasteiger charge is -2.04. The van der Waals surface area contributed by atoms with E-state index >= 15 is 0 Å². The Balaban J connectivity index is 1.41. The van der Waals surface area contributed by atoms with Crippen LogP contribution in [0.25, 0.3) is 15.7 Å². The van der Waals surface area contributed by atoms with Crippen LogP contribution < -0.4 is 0 Å². The van der Waals surface area contributed by atoms with Gasteiger partial charge in [0.1, 0.15) is 5.01 Å². The van der Waals surface area contributed by atoms with Crippen molar-refractivity contribution in [2.75, 3.05) is 0 Å². The van der Waals surface area contributed by atoms with Crippen molar-refractivity contribution in [1.29, 1.82) is 0 Å². The van der Waals surface area contributed by atoms with E-state index in [0.29, 0.717) is 0 Å². The van der Waals surface area contributed by atoms with Gasteiger partial charge in [-0.15, -0.1) is 10.2 Å². The summed E-state index contributed by atoms with van der Waals surface area (Å²) in [6.07, 6.45) is 2.59. The van der Waals surface area contributed by atoms with E-state index in [4.69, 9.17) is 5.10 Å². The second kappa shape index (κ2) is 6.93. The minimum absolute atomic E-state index is 0.813. The highest BCUT2D eigenvalue weighted by atomic mass is 32.1. The molecular formula is C22H18N4S. The summed E-state index contributed by atoms with van der Waals surface area (Å²) in [5.74, 6) is 0.925. The molecule has 4 nitrogen and oxygen atoms in total. The van der Waals surface area contributed by atoms with Gasteiger partial charge in [-0.1, -0.05) is 84.1 Å². The maximum Gasteiger partial charge on any atom is 0.234 e. The second-order valence-electron chi connectivity index (χ2n) is 6.61. The van der Waals surface area contributed by atoms with Crippen LogP contribution in [0.5, 0.6) is 0 Å². The molecule has 0 saturated heterocycles. The molecule has 2 aromatic heterocycles. The van der Waals surface area contributed by atoms with Crippen molar-refractivity contribution >= 4 is 27.1 Å². The fraction of sp³-hybridized carbons (Fsp3) is 0.136. The third kappa shape index (κ3) is 3.22. The van der Waals surface area contributed by atoms with Gasteiger partial charge in [0, 0.05) is 12.8 Å². The Morgan fingerprint density at radius 1 is 0.778 bits per heavy atom. The molecule has 0 saturated carbocycles. The summed E-state index contributed by atoms with van der Waals surface area (Å²) in [6.45, 7) is 0. The lowest BCUT2D eigenvalue weighted by molar-refractivity contribution is 0.780. The predicted octanol–water partition coefficient (Wildman–Crippen LogP) is 4.72. The number of fused-ring (bicyclic) bond motifs is 2. The van der Waals surface area contributed by atoms with E-state index in [1.165, 1.54) is 21.9 Å². The Labute approximate surface area is 161 Å². The molecule has 2 heterocycles. The number of benzene rings is 3. The number of aromatic nitrogens is 4. The average Bonchev–Trinajstić information content (AvgIpc) is 3.28. The molecule has 0 aliphatic heterocycles. The molecule has 0 spiro atoms. The van der Waals surface area contributed by atoms with Crippen LogP contribution in [0, 0.1) is 0 Å². The normalized spacial score (nSPS) is 11.4. The number of nitrogens with zero attached hydrogens (tertiary/aromatic N) is 4. The number of aryl methyl sites for hydroxylation is 2. The average molecular weight is 370 g/mol. The van der Waals surface area contributed by atoms with E-state index in [1.54, 1.807) is 11.3 Å². The zero-order valence-corrected chi connectivity index (χ0v) is 15.6. The van der Waals surface area contributed by atoms with Crippen LogP contribution in [0.2, 0.25) is 0 Å². The molecule has 3 aromatic carbocycles. The topological polar surface area (TPSA) is 43.1 Å². The Kier molecular flexibility index (Phi) is 4.14. The van der Waals surface area contributed by atoms with Crippen molar-refractivity contribution in [3.05, 3.63) is 94.8 Å². The van der Waals surface area contributed by atoms with E-state index < -0.39 is 0 Å². The molecule has 0 unspecified atom stereocenters. The SMILES string of the molecule is c1ccc(CCc2nnc3sc(Cc4cccc5ccccc45)nn23)cc1. The molecule has 5 rings (SSSR count). The van der Waals surface area contributed by atoms with Crippen LogP contribution in [-0.4, -0.2) is 19.8 Å². The molecule has 0 bridgehead atoms. The van der Waals surface area contributed by atoms with Crippen molar-refractivity contribution in [1.82, 2.24) is 19.8 Å². The van der Waals surface area contributed by atoms with Gasteiger partial charge in [0.15, 0.2) is 5.82 Å². The van der Waals surface area contributed by atoms with Gasteiger partial charge >= 0.3 is 0 Å². The molecule has 27 heavy (non-hydrogen) atoms. The minimum atomic E-state index is 0.813. The smallest absolute Gasteiger partial charge is 0.187 e. The standard InChI is InChI=1S/C22H18N4S/c1-2-7-16(8-3-1)13-14-20-23-24-22-26(20)25-21(27-22)15-18-11-6-10-17-9-4-5-12-19(17)18/h1-12H,13-15H2. The summed E-state index contributed by atoms with van der Waals surface area (Å²) in [5, 5.41) is 17.1. The van der Waals surface area contributed by atoms with E-state index in [9.17, 15) is 0 Å². The van der Waals surface area contributed by atoms with Crippen LogP contribution in [0.15, 0.2) is 72.8 Å². The molecule has 0 atom stereocenters. The number of hydrogen-bond acceptors (Lipinski definition) is 4. The van der Waals surface area contributed by atoms with E-state index in [-0.39, 0.29) is 0 Å². The van der Waals surface area contributed by atoms with Gasteiger partial charge in [-0.25, -0.2) is 0 Å². The van der Waals surface area contributed by atoms with E-state index in [0.717, 1.165) is 35.1 Å². The Morgan fingerprint density at radius 3 is 2.52 bits per heavy atom. The highest BCUT2D eigenvalue weighted by Crippen LogP contribution is 2.24. The van der Waals surface area contributed by atoms with Crippen LogP contribution >= 0.6 is 11.3 Å². The Morgan fingerprint density at radius 2 is 1.59 bits per heavy atom. The third-order valence-electron chi connectivity index (χ3n) is 4.80. The first kappa shape index (κ1) is 16.1. The van der Waals surface area contributed by atoms with Gasteiger partial charge in [-0.05, 0) is 28.3 Å². The van der Waals surface area contributed by atoms with Crippen LogP contribution in [0.4, 0.5) is 0 Å². The summed E-state index contributed by atoms with van der Waals surface area (Å²) >= 11 is 1.62. The zero-order chi connectivity index (χ0) is 18.1. The lowest BCUT2D eigenvalue weighted by atomic mass is 10.0. The Bertz CT molecular complexity index is 1200. The van der Waals surface area contributed by atoms with Gasteiger partial charge < -0.3 is 0 Å². The molecule has 5 aromatic rings. The van der Waals surface area contributed by atoms with E-state index in [1.807, 2.05) is 10.6 Å². The van der Waals surface area contributed by atoms with E-state index in [2.05, 4.69) is 76.9 Å². The maximum absolute atomic E-state index is 4.80. The number of rotatable bonds is 5. The molecular weight excluding hydrogens is 352 g/mol. The van der Waals surface area contributed by atoms with Gasteiger partial charge in [0.2, 0.25) is 4.96 Å². The summed E-state index contributed by atoms with van der Waals surface area (Å²) < 4.78 is 1.91. The van der Waals surface area contributed by atoms with Crippen molar-refractivity contribution < 1.29 is 0 Å². The summed E-state index contributed by atoms with van der Waals surface area (Å²) in [6, 6.07) is 25.4. The van der Waals surface area contributed by atoms with Gasteiger partial charge in [0.05, 0.1) is 0 Å². The van der Waals surface area contributed by atoms with Crippen LogP contribution in [-0.2, 0) is 19.3 Å². The quantitative estimate of drug-likeness (QED) is 0.450. The molecule has 132 valence electrons. The molecule has 5 heteroatoms. The van der Waals surface area contributed by atoms with Crippen molar-refractivity contribution in [3.63, 3.8) is 0 Å². The van der Waals surface area contributed by atoms with Gasteiger partial charge in [0.25, 0.3) is 0 Å². The first-order valence-corrected chi connectivity index (χ1v) is 9.89. The zero-order valence-electron chi connectivity index (χ0n) is 14.7. The molecule has 0 fully saturated rings. The summed E-state index contributed by atoms with van der Waals surface area (Å²) in [7, 11) is 0. The fourth-order valence-corrected chi connectivity index (χ4v) is 4.31. The predicted molar refractivity (Wildman–Crippen MR) is 109 cm³/mol. The van der Waals surface area contributed by atoms with Crippen molar-refractivity contribution in [3.8, 4) is 0 Å². The van der Waals surface area contributed by atoms with Gasteiger partial charge in [-0.2, -0.15) is 9.61 Å². The van der Waals surface area contributed by atoms with Crippen molar-refractivity contribution in [2.24, 2.45) is 0 Å².